The third-order valence-electron chi connectivity index (χ3n) is 3.59. The number of benzene rings is 2. The van der Waals surface area contributed by atoms with Crippen LogP contribution >= 0.6 is 0 Å². The van der Waals surface area contributed by atoms with Crippen molar-refractivity contribution in [2.75, 3.05) is 5.32 Å². The summed E-state index contributed by atoms with van der Waals surface area (Å²) in [5, 5.41) is 5.16. The molecule has 0 aliphatic carbocycles. The summed E-state index contributed by atoms with van der Waals surface area (Å²) in [7, 11) is 0. The van der Waals surface area contributed by atoms with Crippen LogP contribution in [0.3, 0.4) is 0 Å². The van der Waals surface area contributed by atoms with Gasteiger partial charge >= 0.3 is 0 Å². The molecule has 0 radical (unpaired) electrons. The highest BCUT2D eigenvalue weighted by Gasteiger charge is 2.11. The zero-order chi connectivity index (χ0) is 19.9. The van der Waals surface area contributed by atoms with Crippen molar-refractivity contribution in [2.24, 2.45) is 4.99 Å². The van der Waals surface area contributed by atoms with E-state index in [2.05, 4.69) is 20.6 Å². The Balaban J connectivity index is 1.83. The van der Waals surface area contributed by atoms with Crippen molar-refractivity contribution in [3.8, 4) is 0 Å². The Kier molecular flexibility index (Phi) is 6.01. The van der Waals surface area contributed by atoms with E-state index in [0.717, 1.165) is 29.8 Å². The summed E-state index contributed by atoms with van der Waals surface area (Å²) < 4.78 is 40.2. The van der Waals surface area contributed by atoms with Gasteiger partial charge in [0, 0.05) is 29.7 Å². The number of carbonyl (C=O) groups excluding carboxylic acids is 1. The van der Waals surface area contributed by atoms with Gasteiger partial charge in [0.05, 0.1) is 6.54 Å². The summed E-state index contributed by atoms with van der Waals surface area (Å²) in [6, 6.07) is 11.4. The SMILES string of the molecule is O=C(NC(=NCc1cccnc1)Nc1cc(F)cc(F)c1)c1cccc(F)c1. The second-order valence-electron chi connectivity index (χ2n) is 5.77. The lowest BCUT2D eigenvalue weighted by Gasteiger charge is -2.12. The Morgan fingerprint density at radius 2 is 1.75 bits per heavy atom. The molecule has 28 heavy (non-hydrogen) atoms. The molecule has 2 aromatic carbocycles. The Labute approximate surface area is 159 Å². The zero-order valence-electron chi connectivity index (χ0n) is 14.5. The third kappa shape index (κ3) is 5.41. The second kappa shape index (κ2) is 8.81. The minimum atomic E-state index is -0.787. The van der Waals surface area contributed by atoms with E-state index in [1.807, 2.05) is 0 Å². The number of carbonyl (C=O) groups is 1. The standard InChI is InChI=1S/C20H15F3N4O/c21-15-5-1-4-14(7-15)19(28)27-20(25-12-13-3-2-6-24-11-13)26-18-9-16(22)8-17(23)10-18/h1-11H,12H2,(H2,25,26,27,28). The third-order valence-corrected chi connectivity index (χ3v) is 3.59. The van der Waals surface area contributed by atoms with E-state index in [-0.39, 0.29) is 23.8 Å². The van der Waals surface area contributed by atoms with Crippen LogP contribution in [-0.4, -0.2) is 16.9 Å². The number of halogens is 3. The maximum absolute atomic E-state index is 13.4. The van der Waals surface area contributed by atoms with Gasteiger partial charge < -0.3 is 5.32 Å². The molecule has 5 nitrogen and oxygen atoms in total. The fourth-order valence-corrected chi connectivity index (χ4v) is 2.34. The Bertz CT molecular complexity index is 989. The molecule has 0 aliphatic heterocycles. The minimum absolute atomic E-state index is 0.0527. The first-order valence-electron chi connectivity index (χ1n) is 8.23. The molecule has 0 saturated heterocycles. The minimum Gasteiger partial charge on any atom is -0.326 e. The Morgan fingerprint density at radius 3 is 2.43 bits per heavy atom. The van der Waals surface area contributed by atoms with Crippen LogP contribution in [0.5, 0.6) is 0 Å². The summed E-state index contributed by atoms with van der Waals surface area (Å²) in [6.45, 7) is 0.150. The molecule has 0 saturated carbocycles. The van der Waals surface area contributed by atoms with Gasteiger partial charge in [-0.25, -0.2) is 18.2 Å². The molecule has 1 heterocycles. The number of hydrogen-bond donors (Lipinski definition) is 2. The van der Waals surface area contributed by atoms with Gasteiger partial charge in [0.2, 0.25) is 5.96 Å². The number of nitrogens with zero attached hydrogens (tertiary/aromatic N) is 2. The molecular formula is C20H15F3N4O. The summed E-state index contributed by atoms with van der Waals surface area (Å²) in [4.78, 5) is 20.6. The lowest BCUT2D eigenvalue weighted by Crippen LogP contribution is -2.36. The van der Waals surface area contributed by atoms with Crippen molar-refractivity contribution in [3.05, 3.63) is 95.6 Å². The van der Waals surface area contributed by atoms with Crippen LogP contribution in [0.4, 0.5) is 18.9 Å². The van der Waals surface area contributed by atoms with Crippen molar-refractivity contribution >= 4 is 17.6 Å². The van der Waals surface area contributed by atoms with Gasteiger partial charge in [0.15, 0.2) is 0 Å². The lowest BCUT2D eigenvalue weighted by atomic mass is 10.2. The van der Waals surface area contributed by atoms with E-state index in [0.29, 0.717) is 0 Å². The van der Waals surface area contributed by atoms with Crippen LogP contribution in [0.25, 0.3) is 0 Å². The number of aromatic nitrogens is 1. The largest absolute Gasteiger partial charge is 0.326 e. The Morgan fingerprint density at radius 1 is 0.964 bits per heavy atom. The molecule has 0 spiro atoms. The van der Waals surface area contributed by atoms with Gasteiger partial charge in [-0.2, -0.15) is 0 Å². The normalized spacial score (nSPS) is 11.2. The molecule has 1 aromatic heterocycles. The topological polar surface area (TPSA) is 66.4 Å². The van der Waals surface area contributed by atoms with Gasteiger partial charge in [0.1, 0.15) is 17.5 Å². The van der Waals surface area contributed by atoms with E-state index in [9.17, 15) is 18.0 Å². The van der Waals surface area contributed by atoms with Crippen molar-refractivity contribution in [1.29, 1.82) is 0 Å². The fraction of sp³-hybridized carbons (Fsp3) is 0.0500. The van der Waals surface area contributed by atoms with Crippen LogP contribution in [-0.2, 0) is 6.54 Å². The van der Waals surface area contributed by atoms with Gasteiger partial charge in [-0.15, -0.1) is 0 Å². The first kappa shape index (κ1) is 19.1. The van der Waals surface area contributed by atoms with E-state index in [1.165, 1.54) is 18.2 Å². The molecule has 0 fully saturated rings. The van der Waals surface area contributed by atoms with Gasteiger partial charge in [-0.3, -0.25) is 15.1 Å². The summed E-state index contributed by atoms with van der Waals surface area (Å²) in [5.41, 5.74) is 0.885. The average molecular weight is 384 g/mol. The maximum Gasteiger partial charge on any atom is 0.258 e. The number of guanidine groups is 1. The number of aliphatic imine (C=N–C) groups is 1. The molecule has 0 aliphatic rings. The number of nitrogens with one attached hydrogen (secondary N) is 2. The van der Waals surface area contributed by atoms with E-state index < -0.39 is 23.4 Å². The van der Waals surface area contributed by atoms with Gasteiger partial charge in [-0.1, -0.05) is 12.1 Å². The van der Waals surface area contributed by atoms with Crippen LogP contribution in [0.2, 0.25) is 0 Å². The lowest BCUT2D eigenvalue weighted by molar-refractivity contribution is 0.0976. The summed E-state index contributed by atoms with van der Waals surface area (Å²) >= 11 is 0. The molecule has 0 unspecified atom stereocenters. The first-order valence-corrected chi connectivity index (χ1v) is 8.23. The molecule has 3 rings (SSSR count). The van der Waals surface area contributed by atoms with Crippen molar-refractivity contribution in [3.63, 3.8) is 0 Å². The van der Waals surface area contributed by atoms with Gasteiger partial charge in [-0.05, 0) is 42.0 Å². The Hall–Kier alpha value is -3.68. The molecule has 8 heteroatoms. The fourth-order valence-electron chi connectivity index (χ4n) is 2.34. The molecular weight excluding hydrogens is 369 g/mol. The predicted molar refractivity (Wildman–Crippen MR) is 99.2 cm³/mol. The van der Waals surface area contributed by atoms with Crippen LogP contribution < -0.4 is 10.6 Å². The number of pyridine rings is 1. The molecule has 1 amide bonds. The highest BCUT2D eigenvalue weighted by Crippen LogP contribution is 2.13. The van der Waals surface area contributed by atoms with Crippen LogP contribution in [0.1, 0.15) is 15.9 Å². The van der Waals surface area contributed by atoms with E-state index in [4.69, 9.17) is 0 Å². The monoisotopic (exact) mass is 384 g/mol. The molecule has 142 valence electrons. The molecule has 0 bridgehead atoms. The van der Waals surface area contributed by atoms with Crippen molar-refractivity contribution in [2.45, 2.75) is 6.54 Å². The summed E-state index contributed by atoms with van der Waals surface area (Å²) in [6.07, 6.45) is 3.20. The molecule has 3 aromatic rings. The van der Waals surface area contributed by atoms with Crippen molar-refractivity contribution in [1.82, 2.24) is 10.3 Å². The van der Waals surface area contributed by atoms with Crippen LogP contribution in [0.15, 0.2) is 72.0 Å². The smallest absolute Gasteiger partial charge is 0.258 e. The van der Waals surface area contributed by atoms with E-state index in [1.54, 1.807) is 24.5 Å². The number of amides is 1. The maximum atomic E-state index is 13.4. The second-order valence-corrected chi connectivity index (χ2v) is 5.77. The quantitative estimate of drug-likeness (QED) is 0.530. The number of rotatable bonds is 4. The number of anilines is 1. The summed E-state index contributed by atoms with van der Waals surface area (Å²) in [5.74, 6) is -2.82. The molecule has 0 atom stereocenters. The average Bonchev–Trinajstić information content (AvgIpc) is 2.66. The van der Waals surface area contributed by atoms with Gasteiger partial charge in [0.25, 0.3) is 5.91 Å². The number of hydrogen-bond acceptors (Lipinski definition) is 3. The predicted octanol–water partition coefficient (Wildman–Crippen LogP) is 3.90. The van der Waals surface area contributed by atoms with Crippen LogP contribution in [0, 0.1) is 17.5 Å². The first-order chi connectivity index (χ1) is 13.5. The van der Waals surface area contributed by atoms with E-state index >= 15 is 0 Å². The highest BCUT2D eigenvalue weighted by molar-refractivity contribution is 6.09. The zero-order valence-corrected chi connectivity index (χ0v) is 14.5. The highest BCUT2D eigenvalue weighted by atomic mass is 19.1. The molecule has 2 N–H and O–H groups in total. The van der Waals surface area contributed by atoms with Crippen molar-refractivity contribution < 1.29 is 18.0 Å².